The van der Waals surface area contributed by atoms with Crippen LogP contribution in [-0.4, -0.2) is 42.2 Å². The molecule has 2 atom stereocenters. The zero-order valence-electron chi connectivity index (χ0n) is 27.8. The zero-order valence-corrected chi connectivity index (χ0v) is 33.2. The topological polar surface area (TPSA) is 51.6 Å². The average Bonchev–Trinajstić information content (AvgIpc) is 3.71. The van der Waals surface area contributed by atoms with Gasteiger partial charge in [-0.15, -0.1) is 18.5 Å². The van der Waals surface area contributed by atoms with Gasteiger partial charge in [-0.25, -0.2) is 19.9 Å². The van der Waals surface area contributed by atoms with Crippen LogP contribution in [0.3, 0.4) is 0 Å². The van der Waals surface area contributed by atoms with E-state index in [1.807, 2.05) is 67.3 Å². The Morgan fingerprint density at radius 3 is 1.56 bits per heavy atom. The summed E-state index contributed by atoms with van der Waals surface area (Å²) in [6.07, 6.45) is 15.7. The second-order valence-corrected chi connectivity index (χ2v) is 27.0. The standard InChI is InChI=1S/C31H45N4P2Si2.C5H5.Fe/c1-38(2,3)25-18-24(31(37,28-32-9-7-10-33-28)29-34-11-8-12-35-29)26(27(25)39(4,5)6)30(19-36)22-14-20-13-21(16-22)17-23(30)15-20;1-2-4-5-3-1;/h7-12,18,20-23H,13-17,19,36-37H2,1-6H3;1-5H;/q-1;-5;. The van der Waals surface area contributed by atoms with Crippen LogP contribution in [0.15, 0.2) is 73.3 Å². The summed E-state index contributed by atoms with van der Waals surface area (Å²) in [6.45, 7) is 15.3. The Morgan fingerprint density at radius 2 is 1.20 bits per heavy atom. The summed E-state index contributed by atoms with van der Waals surface area (Å²) in [7, 11) is 3.03. The van der Waals surface area contributed by atoms with Crippen LogP contribution in [0.2, 0.25) is 39.3 Å². The maximum absolute atomic E-state index is 4.90. The molecular weight excluding hydrogens is 662 g/mol. The Morgan fingerprint density at radius 1 is 0.778 bits per heavy atom. The second kappa shape index (κ2) is 13.3. The van der Waals surface area contributed by atoms with Crippen LogP contribution in [0.25, 0.3) is 0 Å². The monoisotopic (exact) mass is 712 g/mol. The largest absolute Gasteiger partial charge is 0.748 e. The van der Waals surface area contributed by atoms with Gasteiger partial charge in [0, 0.05) is 49.9 Å². The molecule has 4 aromatic rings. The van der Waals surface area contributed by atoms with Gasteiger partial charge in [0.2, 0.25) is 0 Å². The number of rotatable bonds is 7. The van der Waals surface area contributed by atoms with Crippen LogP contribution in [0.1, 0.15) is 54.9 Å². The molecule has 4 bridgehead atoms. The van der Waals surface area contributed by atoms with Gasteiger partial charge in [0.15, 0.2) is 0 Å². The molecule has 0 aliphatic heterocycles. The van der Waals surface area contributed by atoms with Gasteiger partial charge < -0.3 is 30.3 Å². The van der Waals surface area contributed by atoms with Crippen LogP contribution < -0.4 is 10.4 Å². The van der Waals surface area contributed by atoms with Gasteiger partial charge in [-0.05, 0) is 74.1 Å². The molecule has 2 heterocycles. The maximum atomic E-state index is 4.90. The summed E-state index contributed by atoms with van der Waals surface area (Å²) in [5.41, 5.74) is 3.21. The van der Waals surface area contributed by atoms with Gasteiger partial charge in [-0.1, -0.05) is 44.7 Å². The van der Waals surface area contributed by atoms with E-state index in [0.29, 0.717) is 0 Å². The third-order valence-corrected chi connectivity index (χ3v) is 16.6. The minimum absolute atomic E-state index is 0. The summed E-state index contributed by atoms with van der Waals surface area (Å²) in [4.78, 5) is 19.6. The Hall–Kier alpha value is -1.33. The van der Waals surface area contributed by atoms with Crippen LogP contribution in [0, 0.1) is 23.7 Å². The van der Waals surface area contributed by atoms with Crippen molar-refractivity contribution in [1.82, 2.24) is 19.9 Å². The molecule has 4 nitrogen and oxygen atoms in total. The van der Waals surface area contributed by atoms with Crippen molar-refractivity contribution in [3.63, 3.8) is 0 Å². The van der Waals surface area contributed by atoms with E-state index in [4.69, 9.17) is 19.9 Å². The summed E-state index contributed by atoms with van der Waals surface area (Å²) in [5, 5.41) is 2.69. The Labute approximate surface area is 288 Å². The fraction of sp³-hybridized carbons (Fsp3) is 0.500. The van der Waals surface area contributed by atoms with Crippen LogP contribution in [0.5, 0.6) is 0 Å². The predicted octanol–water partition coefficient (Wildman–Crippen LogP) is 7.21. The van der Waals surface area contributed by atoms with Crippen LogP contribution >= 0.6 is 18.5 Å². The quantitative estimate of drug-likeness (QED) is 0.116. The molecule has 0 radical (unpaired) electrons. The van der Waals surface area contributed by atoms with E-state index in [1.54, 1.807) is 15.9 Å². The molecule has 2 aromatic carbocycles. The molecule has 4 fully saturated rings. The van der Waals surface area contributed by atoms with Crippen molar-refractivity contribution in [3.8, 4) is 0 Å². The van der Waals surface area contributed by atoms with E-state index in [2.05, 4.69) is 63.8 Å². The molecule has 2 aromatic heterocycles. The van der Waals surface area contributed by atoms with E-state index in [1.165, 1.54) is 37.7 Å². The zero-order chi connectivity index (χ0) is 31.3. The van der Waals surface area contributed by atoms with Crippen molar-refractivity contribution in [1.29, 1.82) is 0 Å². The molecule has 0 saturated heterocycles. The average molecular weight is 713 g/mol. The van der Waals surface area contributed by atoms with Crippen molar-refractivity contribution in [2.24, 2.45) is 23.7 Å². The predicted molar refractivity (Wildman–Crippen MR) is 197 cm³/mol. The van der Waals surface area contributed by atoms with Gasteiger partial charge in [0.1, 0.15) is 11.6 Å². The van der Waals surface area contributed by atoms with Crippen molar-refractivity contribution in [3.05, 3.63) is 96.1 Å². The third kappa shape index (κ3) is 6.20. The fourth-order valence-electron chi connectivity index (χ4n) is 9.26. The third-order valence-electron chi connectivity index (χ3n) is 10.9. The van der Waals surface area contributed by atoms with E-state index in [-0.39, 0.29) is 22.5 Å². The van der Waals surface area contributed by atoms with Crippen LogP contribution in [-0.2, 0) is 27.6 Å². The summed E-state index contributed by atoms with van der Waals surface area (Å²) in [5.74, 6) is 4.91. The van der Waals surface area contributed by atoms with Gasteiger partial charge in [-0.2, -0.15) is 27.6 Å². The molecule has 246 valence electrons. The van der Waals surface area contributed by atoms with E-state index >= 15 is 0 Å². The molecule has 0 N–H and O–H groups in total. The molecule has 0 spiro atoms. The molecule has 0 amide bonds. The van der Waals surface area contributed by atoms with E-state index in [0.717, 1.165) is 41.5 Å². The first-order chi connectivity index (χ1) is 20.9. The van der Waals surface area contributed by atoms with E-state index in [9.17, 15) is 0 Å². The first kappa shape index (κ1) is 35.0. The Kier molecular flexibility index (Phi) is 10.3. The summed E-state index contributed by atoms with van der Waals surface area (Å²) in [6, 6.07) is 16.4. The van der Waals surface area contributed by atoms with Crippen molar-refractivity contribution in [2.75, 3.05) is 6.16 Å². The smallest absolute Gasteiger partial charge is 0.137 e. The molecule has 2 unspecified atom stereocenters. The summed E-state index contributed by atoms with van der Waals surface area (Å²) >= 11 is 0. The van der Waals surface area contributed by atoms with Gasteiger partial charge in [0.05, 0.1) is 13.2 Å². The molecule has 4 aliphatic carbocycles. The minimum atomic E-state index is -1.76. The number of hydrogen-bond acceptors (Lipinski definition) is 4. The molecule has 4 aliphatic rings. The molecular formula is C36H50FeN4P2Si2-6. The number of hydrogen-bond donors (Lipinski definition) is 0. The number of aromatic nitrogens is 4. The molecule has 9 heteroatoms. The van der Waals surface area contributed by atoms with Crippen molar-refractivity contribution in [2.45, 2.75) is 82.0 Å². The number of nitrogens with zero attached hydrogens (tertiary/aromatic N) is 4. The van der Waals surface area contributed by atoms with Gasteiger partial charge >= 0.3 is 0 Å². The van der Waals surface area contributed by atoms with E-state index < -0.39 is 21.3 Å². The first-order valence-electron chi connectivity index (χ1n) is 16.5. The van der Waals surface area contributed by atoms with Crippen molar-refractivity contribution < 1.29 is 17.1 Å². The first-order valence-corrected chi connectivity index (χ1v) is 24.9. The SMILES string of the molecule is C[Si](C)(C)c1c(C2(CP)C3CC4CC(C3)CC2C4)c(C(P)(c2ncccn2)c2ncccn2)c[c-]1[Si](C)(C)C.[Fe].[cH-]1[cH-][cH-][cH-][cH-]1. The Balaban J connectivity index is 0.000000609. The fourth-order valence-corrected chi connectivity index (χ4v) is 16.4. The van der Waals surface area contributed by atoms with Crippen molar-refractivity contribution >= 4 is 45.0 Å². The molecule has 4 saturated carbocycles. The maximum Gasteiger partial charge on any atom is 0.137 e. The van der Waals surface area contributed by atoms with Crippen LogP contribution in [0.4, 0.5) is 0 Å². The second-order valence-electron chi connectivity index (χ2n) is 15.7. The molecule has 45 heavy (non-hydrogen) atoms. The van der Waals surface area contributed by atoms with Gasteiger partial charge in [-0.3, -0.25) is 0 Å². The summed E-state index contributed by atoms with van der Waals surface area (Å²) < 4.78 is 0. The van der Waals surface area contributed by atoms with Gasteiger partial charge in [0.25, 0.3) is 0 Å². The minimum Gasteiger partial charge on any atom is -0.748 e. The normalized spacial score (nSPS) is 25.8. The Bertz CT molecular complexity index is 1460. The molecule has 8 rings (SSSR count).